The lowest BCUT2D eigenvalue weighted by Crippen LogP contribution is -2.56. The van der Waals surface area contributed by atoms with Crippen molar-refractivity contribution >= 4 is 40.1 Å². The third-order valence-corrected chi connectivity index (χ3v) is 6.47. The molecule has 36 heavy (non-hydrogen) atoms. The van der Waals surface area contributed by atoms with Gasteiger partial charge in [0.2, 0.25) is 5.91 Å². The summed E-state index contributed by atoms with van der Waals surface area (Å²) >= 11 is 5.93. The van der Waals surface area contributed by atoms with Gasteiger partial charge in [0.1, 0.15) is 28.2 Å². The maximum atomic E-state index is 13.2. The molecule has 2 amide bonds. The highest BCUT2D eigenvalue weighted by atomic mass is 35.5. The number of fused-ring (bicyclic) bond motifs is 1. The van der Waals surface area contributed by atoms with Gasteiger partial charge in [0.15, 0.2) is 6.61 Å². The van der Waals surface area contributed by atoms with Gasteiger partial charge in [-0.3, -0.25) is 9.59 Å². The summed E-state index contributed by atoms with van der Waals surface area (Å²) in [5.74, 6) is -1.03. The van der Waals surface area contributed by atoms with Crippen LogP contribution in [0.2, 0.25) is 5.02 Å². The Labute approximate surface area is 211 Å². The molecule has 1 aliphatic heterocycles. The van der Waals surface area contributed by atoms with E-state index in [1.165, 1.54) is 18.2 Å². The van der Waals surface area contributed by atoms with Crippen LogP contribution in [0.4, 0.5) is 10.1 Å². The molecule has 2 N–H and O–H groups in total. The number of aliphatic hydroxyl groups is 1. The van der Waals surface area contributed by atoms with Gasteiger partial charge in [-0.05, 0) is 48.9 Å². The molecule has 1 fully saturated rings. The van der Waals surface area contributed by atoms with E-state index in [1.807, 2.05) is 4.90 Å². The minimum Gasteiger partial charge on any atom is -0.484 e. The lowest BCUT2D eigenvalue weighted by molar-refractivity contribution is -0.138. The van der Waals surface area contributed by atoms with E-state index in [2.05, 4.69) is 5.32 Å². The van der Waals surface area contributed by atoms with Gasteiger partial charge in [0.05, 0.1) is 6.61 Å². The van der Waals surface area contributed by atoms with Crippen LogP contribution < -0.4 is 20.6 Å². The van der Waals surface area contributed by atoms with Gasteiger partial charge in [-0.25, -0.2) is 9.18 Å². The molecule has 0 bridgehead atoms. The van der Waals surface area contributed by atoms with Crippen molar-refractivity contribution in [3.63, 3.8) is 0 Å². The molecule has 2 aromatic carbocycles. The van der Waals surface area contributed by atoms with Crippen molar-refractivity contribution in [2.75, 3.05) is 44.3 Å². The Kier molecular flexibility index (Phi) is 7.76. The number of piperazine rings is 1. The zero-order valence-electron chi connectivity index (χ0n) is 19.5. The topological polar surface area (TPSA) is 112 Å². The molecule has 0 radical (unpaired) electrons. The van der Waals surface area contributed by atoms with Gasteiger partial charge < -0.3 is 29.4 Å². The number of aliphatic hydroxyl groups excluding tert-OH is 1. The van der Waals surface area contributed by atoms with Crippen molar-refractivity contribution in [3.8, 4) is 5.75 Å². The van der Waals surface area contributed by atoms with E-state index in [0.29, 0.717) is 37.1 Å². The first kappa shape index (κ1) is 25.5. The lowest BCUT2D eigenvalue weighted by Gasteiger charge is -2.37. The van der Waals surface area contributed by atoms with Crippen molar-refractivity contribution in [3.05, 3.63) is 69.3 Å². The van der Waals surface area contributed by atoms with E-state index in [9.17, 15) is 23.9 Å². The highest BCUT2D eigenvalue weighted by molar-refractivity contribution is 6.31. The van der Waals surface area contributed by atoms with E-state index < -0.39 is 36.7 Å². The molecule has 1 atom stereocenters. The maximum Gasteiger partial charge on any atom is 0.355 e. The van der Waals surface area contributed by atoms with Gasteiger partial charge >= 0.3 is 5.63 Å². The molecule has 0 saturated carbocycles. The number of carbonyl (C=O) groups excluding carboxylic acids is 2. The number of ether oxygens (including phenoxy) is 1. The fourth-order valence-corrected chi connectivity index (χ4v) is 4.17. The Morgan fingerprint density at radius 2 is 1.86 bits per heavy atom. The molecule has 0 aliphatic carbocycles. The Morgan fingerprint density at radius 3 is 2.53 bits per heavy atom. The normalized spacial score (nSPS) is 14.6. The van der Waals surface area contributed by atoms with Crippen LogP contribution in [0.3, 0.4) is 0 Å². The highest BCUT2D eigenvalue weighted by Gasteiger charge is 2.28. The highest BCUT2D eigenvalue weighted by Crippen LogP contribution is 2.26. The Hall–Kier alpha value is -3.63. The average molecular weight is 518 g/mol. The molecule has 0 unspecified atom stereocenters. The molecular formula is C25H25ClFN3O6. The van der Waals surface area contributed by atoms with E-state index >= 15 is 0 Å². The second-order valence-corrected chi connectivity index (χ2v) is 8.74. The van der Waals surface area contributed by atoms with Gasteiger partial charge in [-0.15, -0.1) is 0 Å². The summed E-state index contributed by atoms with van der Waals surface area (Å²) in [6, 6.07) is 9.77. The predicted molar refractivity (Wildman–Crippen MR) is 132 cm³/mol. The number of hydrogen-bond acceptors (Lipinski definition) is 7. The van der Waals surface area contributed by atoms with Crippen LogP contribution in [0, 0.1) is 12.7 Å². The van der Waals surface area contributed by atoms with Crippen LogP contribution in [-0.2, 0) is 9.59 Å². The van der Waals surface area contributed by atoms with Crippen LogP contribution in [0.5, 0.6) is 5.75 Å². The molecule has 190 valence electrons. The summed E-state index contributed by atoms with van der Waals surface area (Å²) in [5.41, 5.74) is 1.04. The molecule has 1 aromatic heterocycles. The number of anilines is 1. The molecule has 9 nitrogen and oxygen atoms in total. The van der Waals surface area contributed by atoms with Crippen LogP contribution in [-0.4, -0.2) is 67.3 Å². The molecular weight excluding hydrogens is 493 g/mol. The lowest BCUT2D eigenvalue weighted by atomic mass is 10.1. The van der Waals surface area contributed by atoms with E-state index in [0.717, 1.165) is 5.69 Å². The van der Waals surface area contributed by atoms with E-state index in [4.69, 9.17) is 20.8 Å². The third kappa shape index (κ3) is 5.60. The molecule has 1 saturated heterocycles. The summed E-state index contributed by atoms with van der Waals surface area (Å²) in [5, 5.41) is 12.9. The molecule has 3 aromatic rings. The van der Waals surface area contributed by atoms with Crippen molar-refractivity contribution in [2.24, 2.45) is 0 Å². The number of carbonyl (C=O) groups is 2. The number of nitrogens with zero attached hydrogens (tertiary/aromatic N) is 2. The second kappa shape index (κ2) is 11.0. The number of nitrogens with one attached hydrogen (secondary N) is 1. The molecule has 2 heterocycles. The van der Waals surface area contributed by atoms with Crippen LogP contribution in [0.25, 0.3) is 11.0 Å². The van der Waals surface area contributed by atoms with Gasteiger partial charge in [-0.1, -0.05) is 11.6 Å². The summed E-state index contributed by atoms with van der Waals surface area (Å²) in [4.78, 5) is 40.7. The summed E-state index contributed by atoms with van der Waals surface area (Å²) in [6.45, 7) is 2.58. The molecule has 4 rings (SSSR count). The third-order valence-electron chi connectivity index (χ3n) is 6.04. The van der Waals surface area contributed by atoms with Gasteiger partial charge in [0, 0.05) is 43.3 Å². The molecule has 1 aliphatic rings. The Morgan fingerprint density at radius 1 is 1.17 bits per heavy atom. The van der Waals surface area contributed by atoms with Gasteiger partial charge in [0.25, 0.3) is 5.91 Å². The smallest absolute Gasteiger partial charge is 0.355 e. The fourth-order valence-electron chi connectivity index (χ4n) is 4.03. The average Bonchev–Trinajstić information content (AvgIpc) is 2.89. The zero-order valence-corrected chi connectivity index (χ0v) is 20.3. The molecule has 0 spiro atoms. The number of amides is 2. The SMILES string of the molecule is Cc1c(Cl)c(=O)oc2cc(OCC(=O)N[C@@H](CO)C(=O)N3CCN(c4ccc(F)cc4)CC3)ccc12. The number of aryl methyl sites for hydroxylation is 1. The number of benzene rings is 2. The summed E-state index contributed by atoms with van der Waals surface area (Å²) < 4.78 is 23.8. The second-order valence-electron chi connectivity index (χ2n) is 8.37. The number of hydrogen-bond donors (Lipinski definition) is 2. The quantitative estimate of drug-likeness (QED) is 0.461. The minimum atomic E-state index is -1.11. The van der Waals surface area contributed by atoms with E-state index in [1.54, 1.807) is 36.1 Å². The van der Waals surface area contributed by atoms with Crippen molar-refractivity contribution in [2.45, 2.75) is 13.0 Å². The first-order valence-electron chi connectivity index (χ1n) is 11.3. The zero-order chi connectivity index (χ0) is 25.8. The van der Waals surface area contributed by atoms with Crippen molar-refractivity contribution in [1.29, 1.82) is 0 Å². The first-order chi connectivity index (χ1) is 17.3. The van der Waals surface area contributed by atoms with Crippen LogP contribution in [0.15, 0.2) is 51.7 Å². The minimum absolute atomic E-state index is 0.00660. The fraction of sp³-hybridized carbons (Fsp3) is 0.320. The van der Waals surface area contributed by atoms with Crippen molar-refractivity contribution < 1.29 is 28.2 Å². The first-order valence-corrected chi connectivity index (χ1v) is 11.7. The number of rotatable bonds is 7. The summed E-state index contributed by atoms with van der Waals surface area (Å²) in [6.07, 6.45) is 0. The number of halogens is 2. The van der Waals surface area contributed by atoms with Crippen LogP contribution >= 0.6 is 11.6 Å². The monoisotopic (exact) mass is 517 g/mol. The van der Waals surface area contributed by atoms with Crippen molar-refractivity contribution in [1.82, 2.24) is 10.2 Å². The Balaban J connectivity index is 1.30. The van der Waals surface area contributed by atoms with E-state index in [-0.39, 0.29) is 22.2 Å². The maximum absolute atomic E-state index is 13.2. The van der Waals surface area contributed by atoms with Gasteiger partial charge in [-0.2, -0.15) is 0 Å². The van der Waals surface area contributed by atoms with Crippen LogP contribution in [0.1, 0.15) is 5.56 Å². The standard InChI is InChI=1S/C25H25ClFN3O6/c1-15-19-7-6-18(12-21(19)36-25(34)23(15)26)35-14-22(32)28-20(13-31)24(33)30-10-8-29(9-11-30)17-4-2-16(27)3-5-17/h2-7,12,20,31H,8-11,13-14H2,1H3,(H,28,32)/t20-/m0/s1. The molecule has 11 heteroatoms. The Bertz CT molecular complexity index is 1320. The predicted octanol–water partition coefficient (Wildman–Crippen LogP) is 2.10. The summed E-state index contributed by atoms with van der Waals surface area (Å²) in [7, 11) is 0. The largest absolute Gasteiger partial charge is 0.484 e.